The summed E-state index contributed by atoms with van der Waals surface area (Å²) in [4.78, 5) is 24.8. The number of carbonyl (C=O) groups is 2. The molecule has 1 aliphatic heterocycles. The van der Waals surface area contributed by atoms with Crippen LogP contribution in [-0.4, -0.2) is 42.4 Å². The summed E-state index contributed by atoms with van der Waals surface area (Å²) in [6.07, 6.45) is -4.08. The van der Waals surface area contributed by atoms with Crippen molar-refractivity contribution >= 4 is 17.4 Å². The lowest BCUT2D eigenvalue weighted by atomic mass is 9.96. The van der Waals surface area contributed by atoms with Crippen LogP contribution in [0, 0.1) is 5.92 Å². The fourth-order valence-electron chi connectivity index (χ4n) is 2.61. The molecule has 1 aromatic carbocycles. The number of ketones is 1. The molecule has 0 atom stereocenters. The van der Waals surface area contributed by atoms with Gasteiger partial charge in [0, 0.05) is 11.3 Å². The van der Waals surface area contributed by atoms with E-state index in [-0.39, 0.29) is 44.2 Å². The van der Waals surface area contributed by atoms with Gasteiger partial charge in [-0.15, -0.1) is 0 Å². The number of halogens is 3. The summed E-state index contributed by atoms with van der Waals surface area (Å²) in [6.45, 7) is 2.05. The van der Waals surface area contributed by atoms with E-state index in [0.29, 0.717) is 11.3 Å². The molecule has 7 heteroatoms. The molecule has 0 spiro atoms. The number of anilines is 1. The zero-order chi connectivity index (χ0) is 17.0. The molecule has 2 rings (SSSR count). The molecule has 1 N–H and O–H groups in total. The van der Waals surface area contributed by atoms with Gasteiger partial charge < -0.3 is 5.32 Å². The number of amides is 1. The smallest absolute Gasteiger partial charge is 0.325 e. The summed E-state index contributed by atoms with van der Waals surface area (Å²) < 4.78 is 37.8. The van der Waals surface area contributed by atoms with Gasteiger partial charge in [-0.05, 0) is 57.1 Å². The number of nitrogens with one attached hydrogen (secondary N) is 1. The van der Waals surface area contributed by atoms with Crippen molar-refractivity contribution in [1.82, 2.24) is 4.90 Å². The van der Waals surface area contributed by atoms with Gasteiger partial charge in [-0.1, -0.05) is 0 Å². The van der Waals surface area contributed by atoms with Gasteiger partial charge >= 0.3 is 6.18 Å². The molecule has 0 saturated carbocycles. The first kappa shape index (κ1) is 17.5. The Morgan fingerprint density at radius 2 is 1.74 bits per heavy atom. The number of nitrogens with zero attached hydrogens (tertiary/aromatic N) is 1. The maximum absolute atomic E-state index is 12.6. The molecule has 0 bridgehead atoms. The van der Waals surface area contributed by atoms with Gasteiger partial charge in [0.15, 0.2) is 5.78 Å². The van der Waals surface area contributed by atoms with Crippen LogP contribution in [0.25, 0.3) is 0 Å². The summed E-state index contributed by atoms with van der Waals surface area (Å²) in [6, 6.07) is 6.49. The molecule has 0 aromatic heterocycles. The molecule has 1 aliphatic rings. The van der Waals surface area contributed by atoms with Crippen LogP contribution in [-0.2, 0) is 4.79 Å². The molecule has 4 nitrogen and oxygen atoms in total. The van der Waals surface area contributed by atoms with Gasteiger partial charge in [-0.25, -0.2) is 0 Å². The van der Waals surface area contributed by atoms with E-state index in [9.17, 15) is 22.8 Å². The molecule has 1 heterocycles. The highest BCUT2D eigenvalue weighted by atomic mass is 19.4. The van der Waals surface area contributed by atoms with Gasteiger partial charge in [0.2, 0.25) is 5.91 Å². The second-order valence-corrected chi connectivity index (χ2v) is 5.77. The first-order valence-electron chi connectivity index (χ1n) is 7.45. The van der Waals surface area contributed by atoms with Crippen molar-refractivity contribution in [3.63, 3.8) is 0 Å². The lowest BCUT2D eigenvalue weighted by molar-refractivity contribution is -0.184. The zero-order valence-electron chi connectivity index (χ0n) is 12.8. The molecular weight excluding hydrogens is 309 g/mol. The Hall–Kier alpha value is -1.89. The minimum absolute atomic E-state index is 0.0318. The largest absolute Gasteiger partial charge is 0.391 e. The molecule has 0 aliphatic carbocycles. The van der Waals surface area contributed by atoms with Crippen molar-refractivity contribution < 1.29 is 22.8 Å². The first-order chi connectivity index (χ1) is 10.8. The summed E-state index contributed by atoms with van der Waals surface area (Å²) in [5.41, 5.74) is 1.11. The number of rotatable bonds is 4. The van der Waals surface area contributed by atoms with Gasteiger partial charge in [0.1, 0.15) is 0 Å². The topological polar surface area (TPSA) is 49.4 Å². The van der Waals surface area contributed by atoms with Crippen LogP contribution >= 0.6 is 0 Å². The summed E-state index contributed by atoms with van der Waals surface area (Å²) in [5.74, 6) is -1.60. The van der Waals surface area contributed by atoms with Crippen molar-refractivity contribution in [1.29, 1.82) is 0 Å². The molecule has 0 radical (unpaired) electrons. The Balaban J connectivity index is 1.80. The third kappa shape index (κ3) is 5.06. The van der Waals surface area contributed by atoms with Crippen molar-refractivity contribution in [3.05, 3.63) is 29.8 Å². The van der Waals surface area contributed by atoms with Gasteiger partial charge in [-0.2, -0.15) is 13.2 Å². The Morgan fingerprint density at radius 3 is 2.22 bits per heavy atom. The van der Waals surface area contributed by atoms with E-state index < -0.39 is 12.1 Å². The van der Waals surface area contributed by atoms with Gasteiger partial charge in [0.25, 0.3) is 0 Å². The number of Topliss-reactive ketones (excluding diaryl/α,β-unsaturated/α-hetero) is 1. The van der Waals surface area contributed by atoms with Crippen LogP contribution < -0.4 is 5.32 Å². The molecule has 1 saturated heterocycles. The van der Waals surface area contributed by atoms with Crippen LogP contribution in [0.2, 0.25) is 0 Å². The zero-order valence-corrected chi connectivity index (χ0v) is 12.8. The Morgan fingerprint density at radius 1 is 1.17 bits per heavy atom. The molecule has 1 aromatic rings. The fraction of sp³-hybridized carbons (Fsp3) is 0.500. The van der Waals surface area contributed by atoms with Crippen molar-refractivity contribution in [2.24, 2.45) is 5.92 Å². The number of hydrogen-bond donors (Lipinski definition) is 1. The fourth-order valence-corrected chi connectivity index (χ4v) is 2.61. The molecule has 0 unspecified atom stereocenters. The monoisotopic (exact) mass is 328 g/mol. The van der Waals surface area contributed by atoms with E-state index in [2.05, 4.69) is 5.32 Å². The van der Waals surface area contributed by atoms with Crippen molar-refractivity contribution in [2.45, 2.75) is 25.9 Å². The van der Waals surface area contributed by atoms with Crippen LogP contribution in [0.15, 0.2) is 24.3 Å². The number of piperidine rings is 1. The van der Waals surface area contributed by atoms with Crippen LogP contribution in [0.1, 0.15) is 30.1 Å². The van der Waals surface area contributed by atoms with Crippen LogP contribution in [0.3, 0.4) is 0 Å². The minimum Gasteiger partial charge on any atom is -0.325 e. The average Bonchev–Trinajstić information content (AvgIpc) is 2.47. The lowest BCUT2D eigenvalue weighted by Gasteiger charge is -2.32. The number of carbonyl (C=O) groups excluding carboxylic acids is 2. The number of likely N-dealkylation sites (tertiary alicyclic amines) is 1. The van der Waals surface area contributed by atoms with E-state index in [4.69, 9.17) is 0 Å². The summed E-state index contributed by atoms with van der Waals surface area (Å²) in [7, 11) is 0. The van der Waals surface area contributed by atoms with Crippen LogP contribution in [0.5, 0.6) is 0 Å². The Kier molecular flexibility index (Phi) is 5.41. The number of benzene rings is 1. The van der Waals surface area contributed by atoms with E-state index >= 15 is 0 Å². The highest BCUT2D eigenvalue weighted by Crippen LogP contribution is 2.33. The van der Waals surface area contributed by atoms with Gasteiger partial charge in [0.05, 0.1) is 12.5 Å². The van der Waals surface area contributed by atoms with E-state index in [1.807, 2.05) is 0 Å². The van der Waals surface area contributed by atoms with Crippen LogP contribution in [0.4, 0.5) is 18.9 Å². The number of alkyl halides is 3. The number of hydrogen-bond acceptors (Lipinski definition) is 3. The molecule has 23 heavy (non-hydrogen) atoms. The molecule has 1 amide bonds. The highest BCUT2D eigenvalue weighted by Gasteiger charge is 2.41. The first-order valence-corrected chi connectivity index (χ1v) is 7.45. The third-order valence-corrected chi connectivity index (χ3v) is 3.99. The van der Waals surface area contributed by atoms with E-state index in [0.717, 1.165) is 0 Å². The summed E-state index contributed by atoms with van der Waals surface area (Å²) in [5, 5.41) is 2.68. The maximum Gasteiger partial charge on any atom is 0.391 e. The van der Waals surface area contributed by atoms with Gasteiger partial charge in [-0.3, -0.25) is 14.5 Å². The third-order valence-electron chi connectivity index (χ3n) is 3.99. The standard InChI is InChI=1S/C16H19F3N2O2/c1-11(22)12-2-4-14(5-3-12)20-15(23)10-21-8-6-13(7-9-21)16(17,18)19/h2-5,13H,6-10H2,1H3,(H,20,23). The summed E-state index contributed by atoms with van der Waals surface area (Å²) >= 11 is 0. The second-order valence-electron chi connectivity index (χ2n) is 5.77. The quantitative estimate of drug-likeness (QED) is 0.864. The Labute approximate surface area is 132 Å². The van der Waals surface area contributed by atoms with Crippen molar-refractivity contribution in [2.75, 3.05) is 25.0 Å². The van der Waals surface area contributed by atoms with E-state index in [1.54, 1.807) is 29.2 Å². The lowest BCUT2D eigenvalue weighted by Crippen LogP contribution is -2.42. The molecular formula is C16H19F3N2O2. The predicted octanol–water partition coefficient (Wildman–Crippen LogP) is 3.10. The minimum atomic E-state index is -4.15. The Bertz CT molecular complexity index is 562. The average molecular weight is 328 g/mol. The second kappa shape index (κ2) is 7.12. The molecule has 126 valence electrons. The normalized spacial score (nSPS) is 17.0. The highest BCUT2D eigenvalue weighted by molar-refractivity contribution is 5.96. The SMILES string of the molecule is CC(=O)c1ccc(NC(=O)CN2CCC(C(F)(F)F)CC2)cc1. The predicted molar refractivity (Wildman–Crippen MR) is 80.3 cm³/mol. The molecule has 1 fully saturated rings. The van der Waals surface area contributed by atoms with E-state index in [1.165, 1.54) is 6.92 Å². The van der Waals surface area contributed by atoms with Crippen molar-refractivity contribution in [3.8, 4) is 0 Å². The maximum atomic E-state index is 12.6.